The molecule has 0 radical (unpaired) electrons. The van der Waals surface area contributed by atoms with Crippen LogP contribution in [-0.4, -0.2) is 33.1 Å². The number of aliphatic hydroxyl groups is 3. The molecule has 3 unspecified atom stereocenters. The maximum absolute atomic E-state index is 11.5. The molecule has 0 fully saturated rings. The van der Waals surface area contributed by atoms with Gasteiger partial charge >= 0.3 is 0 Å². The average molecular weight is 667 g/mol. The molecule has 3 heteroatoms. The molecule has 3 atom stereocenters. The van der Waals surface area contributed by atoms with Crippen LogP contribution >= 0.6 is 0 Å². The molecule has 0 saturated heterocycles. The summed E-state index contributed by atoms with van der Waals surface area (Å²) in [4.78, 5) is 0. The van der Waals surface area contributed by atoms with E-state index >= 15 is 0 Å². The minimum absolute atomic E-state index is 0.606. The number of rotatable bonds is 40. The average Bonchev–Trinajstić information content (AvgIpc) is 3.07. The van der Waals surface area contributed by atoms with Crippen molar-refractivity contribution in [3.63, 3.8) is 0 Å². The van der Waals surface area contributed by atoms with Crippen LogP contribution in [0.5, 0.6) is 0 Å². The van der Waals surface area contributed by atoms with E-state index in [0.29, 0.717) is 19.3 Å². The summed E-state index contributed by atoms with van der Waals surface area (Å²) in [5.74, 6) is 0. The Kier molecular flexibility index (Phi) is 37.0. The van der Waals surface area contributed by atoms with E-state index < -0.39 is 17.8 Å². The van der Waals surface area contributed by atoms with Crippen molar-refractivity contribution in [1.82, 2.24) is 0 Å². The first-order chi connectivity index (χ1) is 23.0. The van der Waals surface area contributed by atoms with Crippen molar-refractivity contribution in [3.05, 3.63) is 0 Å². The lowest BCUT2D eigenvalue weighted by Crippen LogP contribution is -2.49. The fourth-order valence-corrected chi connectivity index (χ4v) is 7.50. The van der Waals surface area contributed by atoms with Crippen LogP contribution in [0.25, 0.3) is 0 Å². The molecular formula is C44H90O3. The second kappa shape index (κ2) is 37.1. The molecule has 3 nitrogen and oxygen atoms in total. The van der Waals surface area contributed by atoms with Gasteiger partial charge in [-0.05, 0) is 19.3 Å². The van der Waals surface area contributed by atoms with E-state index in [-0.39, 0.29) is 0 Å². The first kappa shape index (κ1) is 46.9. The van der Waals surface area contributed by atoms with E-state index in [0.717, 1.165) is 44.9 Å². The highest BCUT2D eigenvalue weighted by atomic mass is 16.4. The molecule has 0 amide bonds. The molecule has 0 aromatic rings. The van der Waals surface area contributed by atoms with Gasteiger partial charge in [-0.2, -0.15) is 0 Å². The Labute approximate surface area is 297 Å². The normalized spacial score (nSPS) is 14.4. The van der Waals surface area contributed by atoms with E-state index in [1.54, 1.807) is 0 Å². The predicted octanol–water partition coefficient (Wildman–Crippen LogP) is 14.3. The van der Waals surface area contributed by atoms with Gasteiger partial charge in [-0.15, -0.1) is 0 Å². The fraction of sp³-hybridized carbons (Fsp3) is 1.00. The molecule has 3 N–H and O–H groups in total. The van der Waals surface area contributed by atoms with Gasteiger partial charge in [0.1, 0.15) is 6.10 Å². The van der Waals surface area contributed by atoms with Gasteiger partial charge in [-0.3, -0.25) is 0 Å². The summed E-state index contributed by atoms with van der Waals surface area (Å²) >= 11 is 0. The van der Waals surface area contributed by atoms with E-state index in [1.807, 2.05) is 0 Å². The van der Waals surface area contributed by atoms with Crippen molar-refractivity contribution < 1.29 is 15.3 Å². The van der Waals surface area contributed by atoms with Crippen LogP contribution in [0.3, 0.4) is 0 Å². The molecule has 0 heterocycles. The topological polar surface area (TPSA) is 60.7 Å². The Morgan fingerprint density at radius 2 is 0.532 bits per heavy atom. The summed E-state index contributed by atoms with van der Waals surface area (Å²) < 4.78 is 0. The first-order valence-corrected chi connectivity index (χ1v) is 22.1. The van der Waals surface area contributed by atoms with E-state index in [1.165, 1.54) is 180 Å². The lowest BCUT2D eigenvalue weighted by Gasteiger charge is -2.36. The van der Waals surface area contributed by atoms with Crippen molar-refractivity contribution in [2.45, 2.75) is 283 Å². The van der Waals surface area contributed by atoms with Crippen LogP contribution in [-0.2, 0) is 0 Å². The summed E-state index contributed by atoms with van der Waals surface area (Å²) in [5, 5.41) is 33.5. The molecule has 0 aliphatic heterocycles. The first-order valence-electron chi connectivity index (χ1n) is 22.1. The molecule has 0 bridgehead atoms. The lowest BCUT2D eigenvalue weighted by molar-refractivity contribution is -0.136. The number of hydrogen-bond donors (Lipinski definition) is 3. The number of hydrogen-bond acceptors (Lipinski definition) is 3. The maximum atomic E-state index is 11.5. The predicted molar refractivity (Wildman–Crippen MR) is 209 cm³/mol. The highest BCUT2D eigenvalue weighted by Gasteiger charge is 2.38. The van der Waals surface area contributed by atoms with E-state index in [9.17, 15) is 15.3 Å². The molecule has 0 saturated carbocycles. The Balaban J connectivity index is 3.91. The van der Waals surface area contributed by atoms with Gasteiger partial charge in [-0.25, -0.2) is 0 Å². The summed E-state index contributed by atoms with van der Waals surface area (Å²) in [7, 11) is 0. The quantitative estimate of drug-likeness (QED) is 0.0570. The van der Waals surface area contributed by atoms with Crippen LogP contribution in [0, 0.1) is 0 Å². The Morgan fingerprint density at radius 1 is 0.319 bits per heavy atom. The van der Waals surface area contributed by atoms with Crippen molar-refractivity contribution in [2.24, 2.45) is 0 Å². The maximum Gasteiger partial charge on any atom is 0.108 e. The summed E-state index contributed by atoms with van der Waals surface area (Å²) in [6.07, 6.45) is 45.8. The zero-order valence-electron chi connectivity index (χ0n) is 32.9. The highest BCUT2D eigenvalue weighted by Crippen LogP contribution is 2.30. The largest absolute Gasteiger partial charge is 0.390 e. The van der Waals surface area contributed by atoms with Gasteiger partial charge in [0.2, 0.25) is 0 Å². The smallest absolute Gasteiger partial charge is 0.108 e. The molecular weight excluding hydrogens is 576 g/mol. The van der Waals surface area contributed by atoms with E-state index in [2.05, 4.69) is 20.8 Å². The molecule has 0 spiro atoms. The Hall–Kier alpha value is -0.120. The van der Waals surface area contributed by atoms with Crippen molar-refractivity contribution in [2.75, 3.05) is 0 Å². The zero-order chi connectivity index (χ0) is 34.5. The second-order valence-corrected chi connectivity index (χ2v) is 15.7. The second-order valence-electron chi connectivity index (χ2n) is 15.7. The Bertz CT molecular complexity index is 580. The number of aliphatic hydroxyl groups excluding tert-OH is 2. The van der Waals surface area contributed by atoms with Crippen molar-refractivity contribution in [1.29, 1.82) is 0 Å². The fourth-order valence-electron chi connectivity index (χ4n) is 7.50. The zero-order valence-corrected chi connectivity index (χ0v) is 32.9. The monoisotopic (exact) mass is 667 g/mol. The van der Waals surface area contributed by atoms with Crippen molar-refractivity contribution in [3.8, 4) is 0 Å². The van der Waals surface area contributed by atoms with Gasteiger partial charge < -0.3 is 15.3 Å². The van der Waals surface area contributed by atoms with Gasteiger partial charge in [-0.1, -0.05) is 245 Å². The minimum Gasteiger partial charge on any atom is -0.390 e. The third-order valence-electron chi connectivity index (χ3n) is 10.9. The van der Waals surface area contributed by atoms with Gasteiger partial charge in [0.25, 0.3) is 0 Å². The molecule has 0 rings (SSSR count). The van der Waals surface area contributed by atoms with Gasteiger partial charge in [0.15, 0.2) is 0 Å². The van der Waals surface area contributed by atoms with E-state index in [4.69, 9.17) is 0 Å². The third kappa shape index (κ3) is 31.6. The standard InChI is InChI=1S/C44H90O3/c1-4-7-10-12-14-16-18-20-22-24-26-28-30-32-34-36-39-42(45)43(46)44(47,40-37-9-6-3)41-38-35-33-31-29-27-25-23-21-19-17-15-13-11-8-5-2/h42-43,45-47H,4-41H2,1-3H3. The molecule has 0 aliphatic carbocycles. The van der Waals surface area contributed by atoms with Crippen LogP contribution in [0.15, 0.2) is 0 Å². The third-order valence-corrected chi connectivity index (χ3v) is 10.9. The molecule has 0 aromatic carbocycles. The number of unbranched alkanes of at least 4 members (excludes halogenated alkanes) is 32. The molecule has 0 aliphatic rings. The summed E-state index contributed by atoms with van der Waals surface area (Å²) in [6.45, 7) is 6.75. The summed E-state index contributed by atoms with van der Waals surface area (Å²) in [5.41, 5.74) is -1.14. The summed E-state index contributed by atoms with van der Waals surface area (Å²) in [6, 6.07) is 0. The molecule has 0 aromatic heterocycles. The van der Waals surface area contributed by atoms with Crippen LogP contribution < -0.4 is 0 Å². The van der Waals surface area contributed by atoms with Crippen LogP contribution in [0.2, 0.25) is 0 Å². The van der Waals surface area contributed by atoms with Crippen LogP contribution in [0.4, 0.5) is 0 Å². The molecule has 47 heavy (non-hydrogen) atoms. The minimum atomic E-state index is -1.14. The van der Waals surface area contributed by atoms with Gasteiger partial charge in [0.05, 0.1) is 11.7 Å². The lowest BCUT2D eigenvalue weighted by atomic mass is 9.81. The molecule has 284 valence electrons. The van der Waals surface area contributed by atoms with Crippen molar-refractivity contribution >= 4 is 0 Å². The van der Waals surface area contributed by atoms with Gasteiger partial charge in [0, 0.05) is 0 Å². The SMILES string of the molecule is CCCCCCCCCCCCCCCCCCC(O)C(O)C(O)(CCCCC)CCCCCCCCCCCCCCCCCC. The van der Waals surface area contributed by atoms with Crippen LogP contribution in [0.1, 0.15) is 265 Å². The Morgan fingerprint density at radius 3 is 0.830 bits per heavy atom. The highest BCUT2D eigenvalue weighted by molar-refractivity contribution is 4.90.